The topological polar surface area (TPSA) is 67.6 Å². The number of rotatable bonds is 2. The largest absolute Gasteiger partial charge is 0.444 e. The molecule has 31 heavy (non-hydrogen) atoms. The second-order valence-corrected chi connectivity index (χ2v) is 10.6. The Kier molecular flexibility index (Phi) is 4.70. The van der Waals surface area contributed by atoms with Gasteiger partial charge in [-0.05, 0) is 52.0 Å². The SMILES string of the molecule is CC[C@H]1CC2(CCN1C(=O)OC(C)(C)C)C[C@H]([C@@H]1c3ccccc3-c3cncn31)[C@H]2O. The summed E-state index contributed by atoms with van der Waals surface area (Å²) in [6, 6.07) is 8.73. The van der Waals surface area contributed by atoms with Crippen LogP contribution in [0.4, 0.5) is 4.79 Å². The van der Waals surface area contributed by atoms with Crippen LogP contribution in [0.2, 0.25) is 0 Å². The Bertz CT molecular complexity index is 994. The summed E-state index contributed by atoms with van der Waals surface area (Å²) >= 11 is 0. The van der Waals surface area contributed by atoms with Gasteiger partial charge in [-0.2, -0.15) is 0 Å². The molecule has 3 aliphatic rings. The molecule has 1 saturated carbocycles. The Morgan fingerprint density at radius 2 is 2.06 bits per heavy atom. The van der Waals surface area contributed by atoms with E-state index in [-0.39, 0.29) is 35.6 Å². The van der Waals surface area contributed by atoms with Crippen LogP contribution in [0.15, 0.2) is 36.8 Å². The molecule has 166 valence electrons. The van der Waals surface area contributed by atoms with E-state index in [4.69, 9.17) is 4.74 Å². The average Bonchev–Trinajstić information content (AvgIpc) is 3.31. The number of carbonyl (C=O) groups excluding carboxylic acids is 1. The van der Waals surface area contributed by atoms with Crippen molar-refractivity contribution < 1.29 is 14.6 Å². The first kappa shape index (κ1) is 20.6. The number of aliphatic hydroxyl groups excluding tert-OH is 1. The maximum atomic E-state index is 12.7. The molecule has 1 aromatic carbocycles. The predicted octanol–water partition coefficient (Wildman–Crippen LogP) is 4.63. The number of aromatic nitrogens is 2. The van der Waals surface area contributed by atoms with Gasteiger partial charge in [0, 0.05) is 29.5 Å². The summed E-state index contributed by atoms with van der Waals surface area (Å²) in [4.78, 5) is 19.0. The van der Waals surface area contributed by atoms with Crippen molar-refractivity contribution in [1.82, 2.24) is 14.5 Å². The number of carbonyl (C=O) groups is 1. The quantitative estimate of drug-likeness (QED) is 0.765. The van der Waals surface area contributed by atoms with E-state index in [1.165, 1.54) is 11.1 Å². The molecule has 1 amide bonds. The fourth-order valence-corrected chi connectivity index (χ4v) is 6.18. The van der Waals surface area contributed by atoms with Gasteiger partial charge < -0.3 is 19.3 Å². The second kappa shape index (κ2) is 7.09. The first-order chi connectivity index (χ1) is 14.7. The van der Waals surface area contributed by atoms with Crippen LogP contribution in [0.25, 0.3) is 11.3 Å². The van der Waals surface area contributed by atoms with Crippen LogP contribution in [0, 0.1) is 11.3 Å². The van der Waals surface area contributed by atoms with Crippen molar-refractivity contribution in [2.24, 2.45) is 11.3 Å². The minimum Gasteiger partial charge on any atom is -0.444 e. The molecular weight excluding hydrogens is 390 g/mol. The van der Waals surface area contributed by atoms with Gasteiger partial charge >= 0.3 is 6.09 Å². The first-order valence-electron chi connectivity index (χ1n) is 11.5. The Morgan fingerprint density at radius 3 is 2.77 bits per heavy atom. The number of fused-ring (bicyclic) bond motifs is 3. The lowest BCUT2D eigenvalue weighted by Gasteiger charge is -2.59. The van der Waals surface area contributed by atoms with Crippen molar-refractivity contribution in [1.29, 1.82) is 0 Å². The van der Waals surface area contributed by atoms with Crippen molar-refractivity contribution in [3.63, 3.8) is 0 Å². The van der Waals surface area contributed by atoms with E-state index in [1.54, 1.807) is 0 Å². The molecule has 5 rings (SSSR count). The third kappa shape index (κ3) is 3.18. The molecule has 0 radical (unpaired) electrons. The Balaban J connectivity index is 1.34. The summed E-state index contributed by atoms with van der Waals surface area (Å²) in [5, 5.41) is 11.5. The molecule has 1 spiro atoms. The van der Waals surface area contributed by atoms with Crippen LogP contribution in [0.3, 0.4) is 0 Å². The van der Waals surface area contributed by atoms with Gasteiger partial charge in [-0.25, -0.2) is 9.78 Å². The molecule has 2 fully saturated rings. The van der Waals surface area contributed by atoms with E-state index in [0.29, 0.717) is 6.54 Å². The van der Waals surface area contributed by atoms with Gasteiger partial charge in [-0.15, -0.1) is 0 Å². The predicted molar refractivity (Wildman–Crippen MR) is 119 cm³/mol. The van der Waals surface area contributed by atoms with Crippen LogP contribution in [0.1, 0.15) is 65.0 Å². The van der Waals surface area contributed by atoms with Crippen molar-refractivity contribution >= 4 is 6.09 Å². The zero-order chi connectivity index (χ0) is 22.0. The number of imidazole rings is 1. The summed E-state index contributed by atoms with van der Waals surface area (Å²) in [5.41, 5.74) is 3.05. The highest BCUT2D eigenvalue weighted by atomic mass is 16.6. The van der Waals surface area contributed by atoms with Gasteiger partial charge in [-0.1, -0.05) is 31.2 Å². The Hall–Kier alpha value is -2.34. The summed E-state index contributed by atoms with van der Waals surface area (Å²) in [6.07, 6.45) is 6.72. The lowest BCUT2D eigenvalue weighted by Crippen LogP contribution is -2.62. The molecule has 1 aliphatic carbocycles. The van der Waals surface area contributed by atoms with Crippen LogP contribution in [0.5, 0.6) is 0 Å². The highest BCUT2D eigenvalue weighted by Crippen LogP contribution is 2.60. The summed E-state index contributed by atoms with van der Waals surface area (Å²) in [5.74, 6) is 0.169. The van der Waals surface area contributed by atoms with Crippen molar-refractivity contribution in [3.8, 4) is 11.3 Å². The molecule has 3 heterocycles. The molecule has 1 aromatic heterocycles. The number of aliphatic hydroxyl groups is 1. The minimum atomic E-state index is -0.496. The third-order valence-electron chi connectivity index (χ3n) is 7.63. The number of hydrogen-bond donors (Lipinski definition) is 1. The van der Waals surface area contributed by atoms with E-state index in [9.17, 15) is 9.90 Å². The molecule has 1 saturated heterocycles. The van der Waals surface area contributed by atoms with Crippen LogP contribution in [-0.2, 0) is 4.74 Å². The first-order valence-corrected chi connectivity index (χ1v) is 11.5. The number of benzene rings is 1. The maximum Gasteiger partial charge on any atom is 0.410 e. The highest BCUT2D eigenvalue weighted by Gasteiger charge is 2.59. The van der Waals surface area contributed by atoms with Gasteiger partial charge in [-0.3, -0.25) is 0 Å². The minimum absolute atomic E-state index is 0.109. The summed E-state index contributed by atoms with van der Waals surface area (Å²) < 4.78 is 7.88. The lowest BCUT2D eigenvalue weighted by molar-refractivity contribution is -0.166. The van der Waals surface area contributed by atoms with E-state index < -0.39 is 5.60 Å². The molecule has 6 nitrogen and oxygen atoms in total. The summed E-state index contributed by atoms with van der Waals surface area (Å²) in [6.45, 7) is 8.48. The second-order valence-electron chi connectivity index (χ2n) is 10.6. The number of amides is 1. The summed E-state index contributed by atoms with van der Waals surface area (Å²) in [7, 11) is 0. The van der Waals surface area contributed by atoms with Crippen LogP contribution >= 0.6 is 0 Å². The highest BCUT2D eigenvalue weighted by molar-refractivity contribution is 5.70. The molecule has 1 unspecified atom stereocenters. The van der Waals surface area contributed by atoms with Crippen molar-refractivity contribution in [3.05, 3.63) is 42.4 Å². The number of nitrogens with zero attached hydrogens (tertiary/aromatic N) is 3. The number of hydrogen-bond acceptors (Lipinski definition) is 4. The van der Waals surface area contributed by atoms with Crippen LogP contribution < -0.4 is 0 Å². The molecule has 0 bridgehead atoms. The average molecular weight is 424 g/mol. The van der Waals surface area contributed by atoms with E-state index in [2.05, 4.69) is 40.7 Å². The van der Waals surface area contributed by atoms with E-state index >= 15 is 0 Å². The van der Waals surface area contributed by atoms with E-state index in [0.717, 1.165) is 31.4 Å². The number of piperidine rings is 1. The molecule has 2 aromatic rings. The number of ether oxygens (including phenoxy) is 1. The molecule has 6 heteroatoms. The van der Waals surface area contributed by atoms with Crippen molar-refractivity contribution in [2.75, 3.05) is 6.54 Å². The van der Waals surface area contributed by atoms with Gasteiger partial charge in [0.1, 0.15) is 5.60 Å². The normalized spacial score (nSPS) is 31.8. The Morgan fingerprint density at radius 1 is 1.29 bits per heavy atom. The van der Waals surface area contributed by atoms with Crippen LogP contribution in [-0.4, -0.2) is 49.9 Å². The molecular formula is C25H33N3O3. The van der Waals surface area contributed by atoms with Gasteiger partial charge in [0.05, 0.1) is 30.4 Å². The molecule has 2 aliphatic heterocycles. The Labute approximate surface area is 184 Å². The smallest absolute Gasteiger partial charge is 0.410 e. The maximum absolute atomic E-state index is 12.7. The van der Waals surface area contributed by atoms with Crippen molar-refractivity contribution in [2.45, 2.75) is 77.2 Å². The third-order valence-corrected chi connectivity index (χ3v) is 7.63. The van der Waals surface area contributed by atoms with Gasteiger partial charge in [0.2, 0.25) is 0 Å². The zero-order valence-electron chi connectivity index (χ0n) is 18.9. The molecule has 1 N–H and O–H groups in total. The fraction of sp³-hybridized carbons (Fsp3) is 0.600. The molecule has 5 atom stereocenters. The lowest BCUT2D eigenvalue weighted by atomic mass is 9.52. The van der Waals surface area contributed by atoms with Gasteiger partial charge in [0.25, 0.3) is 0 Å². The monoisotopic (exact) mass is 423 g/mol. The zero-order valence-corrected chi connectivity index (χ0v) is 18.9. The fourth-order valence-electron chi connectivity index (χ4n) is 6.18. The standard InChI is InChI=1S/C25H33N3O3/c1-5-16-12-25(10-11-27(16)23(30)31-24(2,3)4)13-19(22(25)29)21-18-9-7-6-8-17(18)20-14-26-15-28(20)21/h6-9,14-16,19,21-22,29H,5,10-13H2,1-4H3/t16-,19+,21-,22+,25?/m0/s1. The van der Waals surface area contributed by atoms with Gasteiger partial charge in [0.15, 0.2) is 0 Å². The number of likely N-dealkylation sites (tertiary alicyclic amines) is 1. The van der Waals surface area contributed by atoms with E-state index in [1.807, 2.05) is 38.2 Å².